The van der Waals surface area contributed by atoms with E-state index >= 15 is 0 Å². The largest absolute Gasteiger partial charge is 0.296 e. The highest BCUT2D eigenvalue weighted by molar-refractivity contribution is 9.10. The third-order valence-corrected chi connectivity index (χ3v) is 3.74. The first-order valence-electron chi connectivity index (χ1n) is 5.63. The van der Waals surface area contributed by atoms with E-state index in [1.807, 2.05) is 0 Å². The molecule has 0 radical (unpaired) electrons. The van der Waals surface area contributed by atoms with Gasteiger partial charge in [0.25, 0.3) is 0 Å². The molecule has 0 N–H and O–H groups in total. The fourth-order valence-corrected chi connectivity index (χ4v) is 2.70. The van der Waals surface area contributed by atoms with Crippen molar-refractivity contribution in [3.63, 3.8) is 0 Å². The van der Waals surface area contributed by atoms with E-state index in [2.05, 4.69) is 58.9 Å². The van der Waals surface area contributed by atoms with Crippen LogP contribution in [0.2, 0.25) is 0 Å². The minimum atomic E-state index is 0.739. The number of hydrogen-bond acceptors (Lipinski definition) is 1. The molecule has 2 unspecified atom stereocenters. The van der Waals surface area contributed by atoms with Gasteiger partial charge in [0.1, 0.15) is 0 Å². The summed E-state index contributed by atoms with van der Waals surface area (Å²) in [7, 11) is 0. The predicted molar refractivity (Wildman–Crippen MR) is 67.8 cm³/mol. The fraction of sp³-hybridized carbons (Fsp3) is 0.538. The number of nitrogens with zero attached hydrogens (tertiary/aromatic N) is 1. The number of likely N-dealkylation sites (tertiary alicyclic amines) is 1. The molecule has 15 heavy (non-hydrogen) atoms. The van der Waals surface area contributed by atoms with E-state index in [-0.39, 0.29) is 0 Å². The predicted octanol–water partition coefficient (Wildman–Crippen LogP) is 3.68. The van der Waals surface area contributed by atoms with Crippen LogP contribution in [0.15, 0.2) is 28.7 Å². The first-order valence-corrected chi connectivity index (χ1v) is 6.43. The van der Waals surface area contributed by atoms with Gasteiger partial charge in [0.15, 0.2) is 0 Å². The van der Waals surface area contributed by atoms with Crippen LogP contribution in [0, 0.1) is 5.92 Å². The second-order valence-electron chi connectivity index (χ2n) is 4.75. The zero-order valence-electron chi connectivity index (χ0n) is 9.41. The van der Waals surface area contributed by atoms with Crippen molar-refractivity contribution < 1.29 is 0 Å². The maximum absolute atomic E-state index is 3.47. The molecule has 82 valence electrons. The Kier molecular flexibility index (Phi) is 3.47. The van der Waals surface area contributed by atoms with Crippen LogP contribution in [-0.4, -0.2) is 17.5 Å². The summed E-state index contributed by atoms with van der Waals surface area (Å²) in [6, 6.07) is 9.40. The van der Waals surface area contributed by atoms with Gasteiger partial charge in [0, 0.05) is 23.6 Å². The van der Waals surface area contributed by atoms with Gasteiger partial charge < -0.3 is 0 Å². The van der Waals surface area contributed by atoms with Crippen LogP contribution in [0.5, 0.6) is 0 Å². The van der Waals surface area contributed by atoms with E-state index in [9.17, 15) is 0 Å². The number of rotatable bonds is 2. The van der Waals surface area contributed by atoms with Crippen molar-refractivity contribution in [1.82, 2.24) is 4.90 Å². The molecule has 1 saturated heterocycles. The lowest BCUT2D eigenvalue weighted by molar-refractivity contribution is 0.256. The number of hydrogen-bond donors (Lipinski definition) is 0. The Hall–Kier alpha value is -0.340. The van der Waals surface area contributed by atoms with Crippen LogP contribution in [0.3, 0.4) is 0 Å². The van der Waals surface area contributed by atoms with Gasteiger partial charge in [0.2, 0.25) is 0 Å². The van der Waals surface area contributed by atoms with E-state index in [0.29, 0.717) is 0 Å². The van der Waals surface area contributed by atoms with E-state index in [0.717, 1.165) is 23.0 Å². The lowest BCUT2D eigenvalue weighted by Crippen LogP contribution is -2.26. The summed E-state index contributed by atoms with van der Waals surface area (Å²) in [5, 5.41) is 0. The van der Waals surface area contributed by atoms with Crippen LogP contribution in [-0.2, 0) is 6.54 Å². The second kappa shape index (κ2) is 4.67. The van der Waals surface area contributed by atoms with Crippen molar-refractivity contribution in [2.45, 2.75) is 32.9 Å². The van der Waals surface area contributed by atoms with E-state index in [1.165, 1.54) is 18.5 Å². The maximum Gasteiger partial charge on any atom is 0.0236 e. The summed E-state index contributed by atoms with van der Waals surface area (Å²) in [5.74, 6) is 0.857. The van der Waals surface area contributed by atoms with Gasteiger partial charge in [-0.05, 0) is 37.0 Å². The van der Waals surface area contributed by atoms with Crippen molar-refractivity contribution in [2.75, 3.05) is 6.54 Å². The van der Waals surface area contributed by atoms with Crippen molar-refractivity contribution >= 4 is 15.9 Å². The molecule has 1 heterocycles. The van der Waals surface area contributed by atoms with Gasteiger partial charge >= 0.3 is 0 Å². The SMILES string of the molecule is CC1CC(C)N(Cc2ccc(Br)cc2)C1. The number of benzene rings is 1. The molecular weight excluding hydrogens is 250 g/mol. The Morgan fingerprint density at radius 3 is 2.47 bits per heavy atom. The van der Waals surface area contributed by atoms with Gasteiger partial charge in [-0.15, -0.1) is 0 Å². The Morgan fingerprint density at radius 2 is 1.93 bits per heavy atom. The monoisotopic (exact) mass is 267 g/mol. The summed E-state index contributed by atoms with van der Waals surface area (Å²) in [6.45, 7) is 7.02. The average molecular weight is 268 g/mol. The normalized spacial score (nSPS) is 27.1. The Morgan fingerprint density at radius 1 is 1.27 bits per heavy atom. The van der Waals surface area contributed by atoms with E-state index in [4.69, 9.17) is 0 Å². The first-order chi connectivity index (χ1) is 7.15. The van der Waals surface area contributed by atoms with E-state index in [1.54, 1.807) is 0 Å². The summed E-state index contributed by atoms with van der Waals surface area (Å²) in [5.41, 5.74) is 1.42. The van der Waals surface area contributed by atoms with Crippen molar-refractivity contribution in [3.8, 4) is 0 Å². The standard InChI is InChI=1S/C13H18BrN/c1-10-7-11(2)15(8-10)9-12-3-5-13(14)6-4-12/h3-6,10-11H,7-9H2,1-2H3. The molecule has 1 aromatic rings. The van der Waals surface area contributed by atoms with Crippen LogP contribution in [0.1, 0.15) is 25.8 Å². The Labute approximate surface area is 101 Å². The lowest BCUT2D eigenvalue weighted by atomic mass is 10.1. The Bertz CT molecular complexity index is 320. The van der Waals surface area contributed by atoms with Crippen LogP contribution >= 0.6 is 15.9 Å². The van der Waals surface area contributed by atoms with Gasteiger partial charge in [-0.25, -0.2) is 0 Å². The molecule has 1 aromatic carbocycles. The van der Waals surface area contributed by atoms with Crippen molar-refractivity contribution in [2.24, 2.45) is 5.92 Å². The molecule has 0 spiro atoms. The number of halogens is 1. The molecule has 0 saturated carbocycles. The molecule has 0 bridgehead atoms. The quantitative estimate of drug-likeness (QED) is 0.790. The third-order valence-electron chi connectivity index (χ3n) is 3.21. The fourth-order valence-electron chi connectivity index (χ4n) is 2.43. The second-order valence-corrected chi connectivity index (χ2v) is 5.66. The highest BCUT2D eigenvalue weighted by Crippen LogP contribution is 2.24. The van der Waals surface area contributed by atoms with Crippen LogP contribution in [0.4, 0.5) is 0 Å². The third kappa shape index (κ3) is 2.82. The van der Waals surface area contributed by atoms with E-state index < -0.39 is 0 Å². The highest BCUT2D eigenvalue weighted by atomic mass is 79.9. The molecule has 2 heteroatoms. The topological polar surface area (TPSA) is 3.24 Å². The molecule has 2 atom stereocenters. The molecule has 1 nitrogen and oxygen atoms in total. The Balaban J connectivity index is 2.00. The summed E-state index contributed by atoms with van der Waals surface area (Å²) >= 11 is 3.47. The molecule has 2 rings (SSSR count). The maximum atomic E-state index is 3.47. The molecule has 0 aromatic heterocycles. The minimum Gasteiger partial charge on any atom is -0.296 e. The first kappa shape index (κ1) is 11.2. The van der Waals surface area contributed by atoms with Crippen molar-refractivity contribution in [3.05, 3.63) is 34.3 Å². The zero-order chi connectivity index (χ0) is 10.8. The summed E-state index contributed by atoms with van der Waals surface area (Å²) in [6.07, 6.45) is 1.34. The zero-order valence-corrected chi connectivity index (χ0v) is 11.0. The smallest absolute Gasteiger partial charge is 0.0236 e. The molecular formula is C13H18BrN. The van der Waals surface area contributed by atoms with Gasteiger partial charge in [-0.2, -0.15) is 0 Å². The lowest BCUT2D eigenvalue weighted by Gasteiger charge is -2.20. The van der Waals surface area contributed by atoms with Crippen LogP contribution < -0.4 is 0 Å². The van der Waals surface area contributed by atoms with Crippen molar-refractivity contribution in [1.29, 1.82) is 0 Å². The molecule has 1 fully saturated rings. The highest BCUT2D eigenvalue weighted by Gasteiger charge is 2.25. The molecule has 0 amide bonds. The van der Waals surface area contributed by atoms with Crippen LogP contribution in [0.25, 0.3) is 0 Å². The molecule has 1 aliphatic rings. The average Bonchev–Trinajstić information content (AvgIpc) is 2.49. The summed E-state index contributed by atoms with van der Waals surface area (Å²) in [4.78, 5) is 2.58. The molecule has 0 aliphatic carbocycles. The van der Waals surface area contributed by atoms with Gasteiger partial charge in [-0.1, -0.05) is 35.0 Å². The van der Waals surface area contributed by atoms with Gasteiger partial charge in [-0.3, -0.25) is 4.90 Å². The van der Waals surface area contributed by atoms with Gasteiger partial charge in [0.05, 0.1) is 0 Å². The summed E-state index contributed by atoms with van der Waals surface area (Å²) < 4.78 is 1.16. The minimum absolute atomic E-state index is 0.739. The molecule has 1 aliphatic heterocycles.